The van der Waals surface area contributed by atoms with E-state index in [1.807, 2.05) is 0 Å². The summed E-state index contributed by atoms with van der Waals surface area (Å²) in [5.74, 6) is -0.405. The van der Waals surface area contributed by atoms with Crippen LogP contribution in [0.4, 0.5) is 0 Å². The SMILES string of the molecule is CCCS(=O)(=O)c1ccccc1C(=O)NCCc1ccc(Cl)cc1Cl. The number of amides is 1. The van der Waals surface area contributed by atoms with Gasteiger partial charge in [0, 0.05) is 16.6 Å². The van der Waals surface area contributed by atoms with Crippen LogP contribution in [-0.4, -0.2) is 26.6 Å². The topological polar surface area (TPSA) is 63.2 Å². The summed E-state index contributed by atoms with van der Waals surface area (Å²) in [4.78, 5) is 12.5. The standard InChI is InChI=1S/C18H19Cl2NO3S/c1-2-11-25(23,24)17-6-4-3-5-15(17)18(22)21-10-9-13-7-8-14(19)12-16(13)20/h3-8,12H,2,9-11H2,1H3,(H,21,22). The monoisotopic (exact) mass is 399 g/mol. The van der Waals surface area contributed by atoms with Crippen molar-refractivity contribution < 1.29 is 13.2 Å². The third-order valence-electron chi connectivity index (χ3n) is 3.63. The summed E-state index contributed by atoms with van der Waals surface area (Å²) in [5.41, 5.74) is 1.02. The van der Waals surface area contributed by atoms with Crippen LogP contribution in [0.15, 0.2) is 47.4 Å². The summed E-state index contributed by atoms with van der Waals surface area (Å²) >= 11 is 12.0. The second-order valence-corrected chi connectivity index (χ2v) is 8.48. The average molecular weight is 400 g/mol. The fourth-order valence-corrected chi connectivity index (χ4v) is 4.48. The van der Waals surface area contributed by atoms with Gasteiger partial charge in [0.2, 0.25) is 0 Å². The van der Waals surface area contributed by atoms with E-state index < -0.39 is 15.7 Å². The van der Waals surface area contributed by atoms with Crippen LogP contribution in [0.2, 0.25) is 10.0 Å². The lowest BCUT2D eigenvalue weighted by Crippen LogP contribution is -2.27. The summed E-state index contributed by atoms with van der Waals surface area (Å²) in [5, 5.41) is 3.83. The molecule has 7 heteroatoms. The molecule has 0 aliphatic heterocycles. The van der Waals surface area contributed by atoms with E-state index in [2.05, 4.69) is 5.32 Å². The van der Waals surface area contributed by atoms with Crippen molar-refractivity contribution in [2.75, 3.05) is 12.3 Å². The molecule has 0 atom stereocenters. The number of carbonyl (C=O) groups excluding carboxylic acids is 1. The molecule has 0 saturated heterocycles. The molecule has 0 unspecified atom stereocenters. The second-order valence-electron chi connectivity index (χ2n) is 5.56. The van der Waals surface area contributed by atoms with Crippen LogP contribution in [0.25, 0.3) is 0 Å². The smallest absolute Gasteiger partial charge is 0.252 e. The van der Waals surface area contributed by atoms with E-state index in [9.17, 15) is 13.2 Å². The second kappa shape index (κ2) is 8.70. The van der Waals surface area contributed by atoms with Crippen LogP contribution in [0.5, 0.6) is 0 Å². The molecule has 4 nitrogen and oxygen atoms in total. The summed E-state index contributed by atoms with van der Waals surface area (Å²) in [6.07, 6.45) is 1.01. The van der Waals surface area contributed by atoms with E-state index in [0.717, 1.165) is 5.56 Å². The van der Waals surface area contributed by atoms with E-state index in [1.54, 1.807) is 37.3 Å². The molecule has 0 aromatic heterocycles. The third-order valence-corrected chi connectivity index (χ3v) is 6.19. The maximum absolute atomic E-state index is 12.4. The molecule has 0 spiro atoms. The van der Waals surface area contributed by atoms with Gasteiger partial charge in [-0.3, -0.25) is 4.79 Å². The van der Waals surface area contributed by atoms with Gasteiger partial charge in [0.1, 0.15) is 0 Å². The van der Waals surface area contributed by atoms with Crippen LogP contribution < -0.4 is 5.32 Å². The lowest BCUT2D eigenvalue weighted by Gasteiger charge is -2.11. The van der Waals surface area contributed by atoms with Gasteiger partial charge < -0.3 is 5.32 Å². The number of halogens is 2. The van der Waals surface area contributed by atoms with Gasteiger partial charge in [-0.05, 0) is 42.7 Å². The maximum Gasteiger partial charge on any atom is 0.252 e. The zero-order valence-corrected chi connectivity index (χ0v) is 16.1. The lowest BCUT2D eigenvalue weighted by molar-refractivity contribution is 0.0951. The molecule has 134 valence electrons. The van der Waals surface area contributed by atoms with Gasteiger partial charge in [0.05, 0.1) is 16.2 Å². The van der Waals surface area contributed by atoms with Gasteiger partial charge in [-0.25, -0.2) is 8.42 Å². The van der Waals surface area contributed by atoms with Crippen molar-refractivity contribution in [3.8, 4) is 0 Å². The van der Waals surface area contributed by atoms with E-state index in [4.69, 9.17) is 23.2 Å². The minimum absolute atomic E-state index is 0.0116. The number of benzene rings is 2. The number of carbonyl (C=O) groups is 1. The summed E-state index contributed by atoms with van der Waals surface area (Å²) in [6, 6.07) is 11.4. The molecule has 0 aliphatic carbocycles. The van der Waals surface area contributed by atoms with Crippen molar-refractivity contribution in [2.45, 2.75) is 24.7 Å². The largest absolute Gasteiger partial charge is 0.352 e. The number of hydrogen-bond donors (Lipinski definition) is 1. The molecule has 0 radical (unpaired) electrons. The molecule has 1 N–H and O–H groups in total. The predicted molar refractivity (Wildman–Crippen MR) is 101 cm³/mol. The molecule has 25 heavy (non-hydrogen) atoms. The fraction of sp³-hybridized carbons (Fsp3) is 0.278. The van der Waals surface area contributed by atoms with Crippen LogP contribution in [0.3, 0.4) is 0 Å². The Hall–Kier alpha value is -1.56. The van der Waals surface area contributed by atoms with Crippen LogP contribution >= 0.6 is 23.2 Å². The summed E-state index contributed by atoms with van der Waals surface area (Å²) in [7, 11) is -3.47. The molecule has 2 aromatic carbocycles. The van der Waals surface area contributed by atoms with Gasteiger partial charge in [-0.2, -0.15) is 0 Å². The van der Waals surface area contributed by atoms with Crippen molar-refractivity contribution in [1.82, 2.24) is 5.32 Å². The minimum atomic E-state index is -3.47. The number of rotatable bonds is 7. The molecular formula is C18H19Cl2NO3S. The van der Waals surface area contributed by atoms with Crippen molar-refractivity contribution in [1.29, 1.82) is 0 Å². The molecule has 1 amide bonds. The highest BCUT2D eigenvalue weighted by atomic mass is 35.5. The zero-order valence-electron chi connectivity index (χ0n) is 13.8. The highest BCUT2D eigenvalue weighted by molar-refractivity contribution is 7.91. The Bertz CT molecular complexity index is 866. The van der Waals surface area contributed by atoms with E-state index in [0.29, 0.717) is 29.4 Å². The van der Waals surface area contributed by atoms with Crippen molar-refractivity contribution in [3.05, 3.63) is 63.6 Å². The van der Waals surface area contributed by atoms with Crippen LogP contribution in [0, 0.1) is 0 Å². The Morgan fingerprint density at radius 2 is 1.84 bits per heavy atom. The molecule has 0 bridgehead atoms. The highest BCUT2D eigenvalue weighted by Gasteiger charge is 2.21. The van der Waals surface area contributed by atoms with Gasteiger partial charge in [0.15, 0.2) is 9.84 Å². The normalized spacial score (nSPS) is 11.3. The highest BCUT2D eigenvalue weighted by Crippen LogP contribution is 2.21. The van der Waals surface area contributed by atoms with Crippen LogP contribution in [-0.2, 0) is 16.3 Å². The average Bonchev–Trinajstić information content (AvgIpc) is 2.56. The molecule has 2 aromatic rings. The summed E-state index contributed by atoms with van der Waals surface area (Å²) < 4.78 is 24.6. The van der Waals surface area contributed by atoms with Crippen molar-refractivity contribution >= 4 is 38.9 Å². The molecule has 0 heterocycles. The molecule has 2 rings (SSSR count). The first-order chi connectivity index (χ1) is 11.8. The fourth-order valence-electron chi connectivity index (χ4n) is 2.43. The van der Waals surface area contributed by atoms with Gasteiger partial charge >= 0.3 is 0 Å². The van der Waals surface area contributed by atoms with Crippen LogP contribution in [0.1, 0.15) is 29.3 Å². The quantitative estimate of drug-likeness (QED) is 0.760. The predicted octanol–water partition coefficient (Wildman–Crippen LogP) is 4.15. The first kappa shape index (κ1) is 19.8. The number of hydrogen-bond acceptors (Lipinski definition) is 3. The number of sulfone groups is 1. The zero-order chi connectivity index (χ0) is 18.4. The Morgan fingerprint density at radius 3 is 2.52 bits per heavy atom. The minimum Gasteiger partial charge on any atom is -0.352 e. The Balaban J connectivity index is 2.09. The first-order valence-electron chi connectivity index (χ1n) is 7.89. The first-order valence-corrected chi connectivity index (χ1v) is 10.3. The van der Waals surface area contributed by atoms with Gasteiger partial charge in [0.25, 0.3) is 5.91 Å². The molecule has 0 fully saturated rings. The van der Waals surface area contributed by atoms with E-state index in [-0.39, 0.29) is 16.2 Å². The Labute approximate surface area is 158 Å². The van der Waals surface area contributed by atoms with Gasteiger partial charge in [-0.15, -0.1) is 0 Å². The summed E-state index contributed by atoms with van der Waals surface area (Å²) in [6.45, 7) is 2.12. The third kappa shape index (κ3) is 5.21. The van der Waals surface area contributed by atoms with E-state index >= 15 is 0 Å². The molecule has 0 aliphatic rings. The van der Waals surface area contributed by atoms with Crippen molar-refractivity contribution in [3.63, 3.8) is 0 Å². The maximum atomic E-state index is 12.4. The Morgan fingerprint density at radius 1 is 1.12 bits per heavy atom. The molecule has 0 saturated carbocycles. The van der Waals surface area contributed by atoms with Gasteiger partial charge in [-0.1, -0.05) is 48.3 Å². The van der Waals surface area contributed by atoms with E-state index in [1.165, 1.54) is 12.1 Å². The number of nitrogens with one attached hydrogen (secondary N) is 1. The Kier molecular flexibility index (Phi) is 6.87. The lowest BCUT2D eigenvalue weighted by atomic mass is 10.1. The van der Waals surface area contributed by atoms with Crippen molar-refractivity contribution in [2.24, 2.45) is 0 Å². The molecular weight excluding hydrogens is 381 g/mol.